The highest BCUT2D eigenvalue weighted by Gasteiger charge is 2.18. The van der Waals surface area contributed by atoms with E-state index in [1.807, 2.05) is 12.1 Å². The molecule has 0 saturated carbocycles. The SMILES string of the molecule is COc1ccc(-c2ccc(C)c3ccccc23)c(OC)c1OC. The van der Waals surface area contributed by atoms with Crippen LogP contribution in [0.1, 0.15) is 5.56 Å². The van der Waals surface area contributed by atoms with Gasteiger partial charge < -0.3 is 14.2 Å². The lowest BCUT2D eigenvalue weighted by molar-refractivity contribution is 0.325. The summed E-state index contributed by atoms with van der Waals surface area (Å²) in [5.74, 6) is 1.95. The second-order valence-electron chi connectivity index (χ2n) is 5.36. The molecule has 0 aliphatic heterocycles. The van der Waals surface area contributed by atoms with Gasteiger partial charge in [-0.25, -0.2) is 0 Å². The van der Waals surface area contributed by atoms with Crippen LogP contribution in [0.3, 0.4) is 0 Å². The Morgan fingerprint density at radius 1 is 0.609 bits per heavy atom. The molecular weight excluding hydrogens is 288 g/mol. The third-order valence-corrected chi connectivity index (χ3v) is 4.14. The number of rotatable bonds is 4. The van der Waals surface area contributed by atoms with Gasteiger partial charge in [0, 0.05) is 5.56 Å². The smallest absolute Gasteiger partial charge is 0.203 e. The summed E-state index contributed by atoms with van der Waals surface area (Å²) >= 11 is 0. The molecule has 3 nitrogen and oxygen atoms in total. The van der Waals surface area contributed by atoms with Crippen molar-refractivity contribution in [2.24, 2.45) is 0 Å². The van der Waals surface area contributed by atoms with Gasteiger partial charge in [-0.15, -0.1) is 0 Å². The number of hydrogen-bond donors (Lipinski definition) is 0. The monoisotopic (exact) mass is 308 g/mol. The third kappa shape index (κ3) is 2.48. The van der Waals surface area contributed by atoms with Gasteiger partial charge in [0.2, 0.25) is 5.75 Å². The molecule has 0 N–H and O–H groups in total. The normalized spacial score (nSPS) is 10.6. The molecule has 0 spiro atoms. The zero-order chi connectivity index (χ0) is 16.4. The van der Waals surface area contributed by atoms with E-state index in [1.54, 1.807) is 21.3 Å². The summed E-state index contributed by atoms with van der Waals surface area (Å²) in [7, 11) is 4.90. The molecule has 3 heteroatoms. The number of fused-ring (bicyclic) bond motifs is 1. The zero-order valence-electron chi connectivity index (χ0n) is 13.8. The first-order valence-corrected chi connectivity index (χ1v) is 7.49. The first-order valence-electron chi connectivity index (χ1n) is 7.49. The van der Waals surface area contributed by atoms with E-state index < -0.39 is 0 Å². The first kappa shape index (κ1) is 15.2. The molecule has 0 saturated heterocycles. The molecule has 0 heterocycles. The molecular formula is C20H20O3. The Hall–Kier alpha value is -2.68. The lowest BCUT2D eigenvalue weighted by Gasteiger charge is -2.17. The predicted molar refractivity (Wildman–Crippen MR) is 93.8 cm³/mol. The van der Waals surface area contributed by atoms with Crippen molar-refractivity contribution >= 4 is 10.8 Å². The summed E-state index contributed by atoms with van der Waals surface area (Å²) < 4.78 is 16.5. The van der Waals surface area contributed by atoms with Crippen LogP contribution in [0.4, 0.5) is 0 Å². The van der Waals surface area contributed by atoms with E-state index in [9.17, 15) is 0 Å². The summed E-state index contributed by atoms with van der Waals surface area (Å²) in [5, 5.41) is 2.43. The molecule has 0 aromatic heterocycles. The van der Waals surface area contributed by atoms with Gasteiger partial charge in [-0.1, -0.05) is 36.4 Å². The van der Waals surface area contributed by atoms with E-state index in [0.717, 1.165) is 11.1 Å². The van der Waals surface area contributed by atoms with E-state index in [-0.39, 0.29) is 0 Å². The Bertz CT molecular complexity index is 853. The number of hydrogen-bond acceptors (Lipinski definition) is 3. The zero-order valence-corrected chi connectivity index (χ0v) is 13.8. The molecule has 0 atom stereocenters. The fraction of sp³-hybridized carbons (Fsp3) is 0.200. The average Bonchev–Trinajstić information content (AvgIpc) is 2.61. The van der Waals surface area contributed by atoms with Gasteiger partial charge in [-0.05, 0) is 41.0 Å². The minimum absolute atomic E-state index is 0.608. The molecule has 0 aliphatic rings. The Balaban J connectivity index is 2.34. The van der Waals surface area contributed by atoms with E-state index in [4.69, 9.17) is 14.2 Å². The maximum Gasteiger partial charge on any atom is 0.203 e. The molecule has 118 valence electrons. The Morgan fingerprint density at radius 2 is 1.26 bits per heavy atom. The van der Waals surface area contributed by atoms with E-state index >= 15 is 0 Å². The Labute approximate surface area is 136 Å². The van der Waals surface area contributed by atoms with Crippen LogP contribution >= 0.6 is 0 Å². The van der Waals surface area contributed by atoms with Crippen LogP contribution < -0.4 is 14.2 Å². The summed E-state index contributed by atoms with van der Waals surface area (Å²) in [6.45, 7) is 2.12. The Morgan fingerprint density at radius 3 is 1.91 bits per heavy atom. The quantitative estimate of drug-likeness (QED) is 0.690. The highest BCUT2D eigenvalue weighted by atomic mass is 16.5. The van der Waals surface area contributed by atoms with E-state index in [1.165, 1.54) is 16.3 Å². The number of methoxy groups -OCH3 is 3. The van der Waals surface area contributed by atoms with Crippen molar-refractivity contribution in [2.75, 3.05) is 21.3 Å². The average molecular weight is 308 g/mol. The second-order valence-corrected chi connectivity index (χ2v) is 5.36. The largest absolute Gasteiger partial charge is 0.493 e. The van der Waals surface area contributed by atoms with E-state index in [2.05, 4.69) is 43.3 Å². The van der Waals surface area contributed by atoms with Gasteiger partial charge in [0.15, 0.2) is 11.5 Å². The number of aryl methyl sites for hydroxylation is 1. The molecule has 23 heavy (non-hydrogen) atoms. The minimum Gasteiger partial charge on any atom is -0.493 e. The van der Waals surface area contributed by atoms with Crippen molar-refractivity contribution in [1.82, 2.24) is 0 Å². The fourth-order valence-corrected chi connectivity index (χ4v) is 3.00. The van der Waals surface area contributed by atoms with Crippen LogP contribution in [-0.2, 0) is 0 Å². The lowest BCUT2D eigenvalue weighted by atomic mass is 9.94. The van der Waals surface area contributed by atoms with Crippen molar-refractivity contribution in [3.63, 3.8) is 0 Å². The maximum absolute atomic E-state index is 5.64. The molecule has 0 fully saturated rings. The molecule has 0 aliphatic carbocycles. The van der Waals surface area contributed by atoms with Crippen molar-refractivity contribution in [1.29, 1.82) is 0 Å². The van der Waals surface area contributed by atoms with Gasteiger partial charge in [0.25, 0.3) is 0 Å². The molecule has 0 radical (unpaired) electrons. The van der Waals surface area contributed by atoms with Gasteiger partial charge in [-0.3, -0.25) is 0 Å². The Kier molecular flexibility index (Phi) is 4.11. The van der Waals surface area contributed by atoms with Gasteiger partial charge in [0.1, 0.15) is 0 Å². The van der Waals surface area contributed by atoms with Gasteiger partial charge in [0.05, 0.1) is 21.3 Å². The first-order chi connectivity index (χ1) is 11.2. The molecule has 3 aromatic rings. The summed E-state index contributed by atoms with van der Waals surface area (Å²) in [5.41, 5.74) is 3.36. The van der Waals surface area contributed by atoms with Crippen LogP contribution in [0.25, 0.3) is 21.9 Å². The molecule has 0 amide bonds. The van der Waals surface area contributed by atoms with Crippen molar-refractivity contribution < 1.29 is 14.2 Å². The van der Waals surface area contributed by atoms with Crippen LogP contribution in [0.5, 0.6) is 17.2 Å². The van der Waals surface area contributed by atoms with Crippen molar-refractivity contribution in [2.45, 2.75) is 6.92 Å². The van der Waals surface area contributed by atoms with Crippen LogP contribution in [0.2, 0.25) is 0 Å². The standard InChI is InChI=1S/C20H20O3/c1-13-9-10-16(15-8-6-5-7-14(13)15)17-11-12-18(21-2)20(23-4)19(17)22-3/h5-12H,1-4H3. The predicted octanol–water partition coefficient (Wildman–Crippen LogP) is 4.84. The van der Waals surface area contributed by atoms with Crippen molar-refractivity contribution in [3.8, 4) is 28.4 Å². The summed E-state index contributed by atoms with van der Waals surface area (Å²) in [6.07, 6.45) is 0. The maximum atomic E-state index is 5.64. The van der Waals surface area contributed by atoms with Gasteiger partial charge >= 0.3 is 0 Å². The van der Waals surface area contributed by atoms with Gasteiger partial charge in [-0.2, -0.15) is 0 Å². The van der Waals surface area contributed by atoms with Crippen LogP contribution in [-0.4, -0.2) is 21.3 Å². The van der Waals surface area contributed by atoms with Crippen LogP contribution in [0, 0.1) is 6.92 Å². The molecule has 0 unspecified atom stereocenters. The van der Waals surface area contributed by atoms with Crippen molar-refractivity contribution in [3.05, 3.63) is 54.1 Å². The summed E-state index contributed by atoms with van der Waals surface area (Å²) in [6, 6.07) is 16.6. The highest BCUT2D eigenvalue weighted by molar-refractivity contribution is 6.00. The topological polar surface area (TPSA) is 27.7 Å². The number of ether oxygens (including phenoxy) is 3. The summed E-state index contributed by atoms with van der Waals surface area (Å²) in [4.78, 5) is 0. The van der Waals surface area contributed by atoms with Crippen LogP contribution in [0.15, 0.2) is 48.5 Å². The second kappa shape index (κ2) is 6.21. The third-order valence-electron chi connectivity index (χ3n) is 4.14. The highest BCUT2D eigenvalue weighted by Crippen LogP contribution is 2.45. The number of benzene rings is 3. The molecule has 0 bridgehead atoms. The fourth-order valence-electron chi connectivity index (χ4n) is 3.00. The molecule has 3 rings (SSSR count). The lowest BCUT2D eigenvalue weighted by Crippen LogP contribution is -1.97. The van der Waals surface area contributed by atoms with E-state index in [0.29, 0.717) is 17.2 Å². The molecule has 3 aromatic carbocycles. The minimum atomic E-state index is 0.608.